The average Bonchev–Trinajstić information content (AvgIpc) is 2.10. The van der Waals surface area contributed by atoms with Crippen LogP contribution in [0, 0.1) is 13.8 Å². The quantitative estimate of drug-likeness (QED) is 0.559. The first kappa shape index (κ1) is 10.4. The molecule has 0 radical (unpaired) electrons. The number of aryl methyl sites for hydroxylation is 2. The van der Waals surface area contributed by atoms with Gasteiger partial charge in [0.2, 0.25) is 0 Å². The van der Waals surface area contributed by atoms with Gasteiger partial charge < -0.3 is 9.94 Å². The molecule has 0 amide bonds. The van der Waals surface area contributed by atoms with Crippen LogP contribution in [0.1, 0.15) is 18.1 Å². The number of nitrogens with one attached hydrogen (secondary N) is 1. The van der Waals surface area contributed by atoms with Gasteiger partial charge in [-0.1, -0.05) is 0 Å². The van der Waals surface area contributed by atoms with E-state index in [2.05, 4.69) is 10.3 Å². The van der Waals surface area contributed by atoms with E-state index in [1.807, 2.05) is 0 Å². The Balaban J connectivity index is 2.84. The normalized spacial score (nSPS) is 9.64. The minimum absolute atomic E-state index is 0.262. The maximum atomic E-state index is 10.5. The zero-order valence-electron chi connectivity index (χ0n) is 8.42. The van der Waals surface area contributed by atoms with Crippen LogP contribution < -0.4 is 5.48 Å². The molecule has 0 unspecified atom stereocenters. The predicted molar refractivity (Wildman–Crippen MR) is 53.0 cm³/mol. The molecule has 1 aromatic carbocycles. The van der Waals surface area contributed by atoms with Crippen molar-refractivity contribution in [3.63, 3.8) is 0 Å². The molecule has 0 aliphatic heterocycles. The van der Waals surface area contributed by atoms with E-state index in [0.717, 1.165) is 11.1 Å². The van der Waals surface area contributed by atoms with Gasteiger partial charge in [0.15, 0.2) is 0 Å². The second kappa shape index (κ2) is 4.00. The predicted octanol–water partition coefficient (Wildman–Crippen LogP) is 1.90. The van der Waals surface area contributed by atoms with E-state index in [-0.39, 0.29) is 5.75 Å². The number of rotatable bonds is 2. The fraction of sp³-hybridized carbons (Fsp3) is 0.300. The van der Waals surface area contributed by atoms with Crippen molar-refractivity contribution >= 4 is 11.7 Å². The summed E-state index contributed by atoms with van der Waals surface area (Å²) in [6.45, 7) is 4.87. The smallest absolute Gasteiger partial charge is 0.329 e. The van der Waals surface area contributed by atoms with Crippen LogP contribution in [0.3, 0.4) is 0 Å². The van der Waals surface area contributed by atoms with Crippen molar-refractivity contribution in [3.05, 3.63) is 23.3 Å². The molecule has 1 aromatic rings. The molecule has 1 rings (SSSR count). The first-order chi connectivity index (χ1) is 6.50. The molecule has 14 heavy (non-hydrogen) atoms. The number of benzene rings is 1. The standard InChI is InChI=1S/C10H13NO3/c1-6-4-9(11-14-8(3)12)5-7(2)10(6)13/h4-5,11,13H,1-3H3. The summed E-state index contributed by atoms with van der Waals surface area (Å²) < 4.78 is 0. The summed E-state index contributed by atoms with van der Waals surface area (Å²) in [4.78, 5) is 15.1. The molecule has 76 valence electrons. The van der Waals surface area contributed by atoms with Crippen LogP contribution in [0.2, 0.25) is 0 Å². The summed E-state index contributed by atoms with van der Waals surface area (Å²) in [5.74, 6) is -0.147. The summed E-state index contributed by atoms with van der Waals surface area (Å²) in [6.07, 6.45) is 0. The van der Waals surface area contributed by atoms with E-state index < -0.39 is 5.97 Å². The zero-order valence-corrected chi connectivity index (χ0v) is 8.42. The fourth-order valence-corrected chi connectivity index (χ4v) is 1.15. The molecule has 0 heterocycles. The molecule has 2 N–H and O–H groups in total. The van der Waals surface area contributed by atoms with Gasteiger partial charge in [0.25, 0.3) is 0 Å². The van der Waals surface area contributed by atoms with Crippen molar-refractivity contribution in [1.82, 2.24) is 0 Å². The number of phenolic OH excluding ortho intramolecular Hbond substituents is 1. The van der Waals surface area contributed by atoms with Crippen LogP contribution in [-0.4, -0.2) is 11.1 Å². The molecule has 0 fully saturated rings. The van der Waals surface area contributed by atoms with Crippen LogP contribution in [0.4, 0.5) is 5.69 Å². The van der Waals surface area contributed by atoms with Gasteiger partial charge in [-0.05, 0) is 37.1 Å². The largest absolute Gasteiger partial charge is 0.507 e. The number of carbonyl (C=O) groups is 1. The number of hydrogen-bond donors (Lipinski definition) is 2. The highest BCUT2D eigenvalue weighted by Crippen LogP contribution is 2.25. The number of anilines is 1. The lowest BCUT2D eigenvalue weighted by Crippen LogP contribution is -2.06. The van der Waals surface area contributed by atoms with Crippen LogP contribution in [-0.2, 0) is 9.63 Å². The minimum Gasteiger partial charge on any atom is -0.507 e. The summed E-state index contributed by atoms with van der Waals surface area (Å²) in [5, 5.41) is 9.47. The van der Waals surface area contributed by atoms with Crippen LogP contribution >= 0.6 is 0 Å². The van der Waals surface area contributed by atoms with Crippen LogP contribution in [0.5, 0.6) is 5.75 Å². The summed E-state index contributed by atoms with van der Waals surface area (Å²) in [7, 11) is 0. The molecule has 0 aliphatic rings. The van der Waals surface area contributed by atoms with E-state index in [9.17, 15) is 9.90 Å². The van der Waals surface area contributed by atoms with Gasteiger partial charge in [-0.2, -0.15) is 0 Å². The van der Waals surface area contributed by atoms with Crippen molar-refractivity contribution in [2.24, 2.45) is 0 Å². The molecule has 0 aromatic heterocycles. The van der Waals surface area contributed by atoms with Crippen molar-refractivity contribution < 1.29 is 14.7 Å². The van der Waals surface area contributed by atoms with Gasteiger partial charge in [-0.15, -0.1) is 0 Å². The molecular formula is C10H13NO3. The van der Waals surface area contributed by atoms with Crippen molar-refractivity contribution in [2.45, 2.75) is 20.8 Å². The SMILES string of the molecule is CC(=O)ONc1cc(C)c(O)c(C)c1. The Morgan fingerprint density at radius 2 is 1.86 bits per heavy atom. The minimum atomic E-state index is -0.409. The highest BCUT2D eigenvalue weighted by molar-refractivity contribution is 5.67. The molecule has 0 spiro atoms. The third-order valence-corrected chi connectivity index (χ3v) is 1.80. The average molecular weight is 195 g/mol. The highest BCUT2D eigenvalue weighted by atomic mass is 16.7. The van der Waals surface area contributed by atoms with Crippen molar-refractivity contribution in [2.75, 3.05) is 5.48 Å². The molecular weight excluding hydrogens is 182 g/mol. The second-order valence-electron chi connectivity index (χ2n) is 3.15. The monoisotopic (exact) mass is 195 g/mol. The summed E-state index contributed by atoms with van der Waals surface area (Å²) in [6, 6.07) is 3.40. The molecule has 0 bridgehead atoms. The topological polar surface area (TPSA) is 58.6 Å². The Kier molecular flexibility index (Phi) is 2.96. The van der Waals surface area contributed by atoms with E-state index >= 15 is 0 Å². The van der Waals surface area contributed by atoms with Crippen molar-refractivity contribution in [3.8, 4) is 5.75 Å². The lowest BCUT2D eigenvalue weighted by Gasteiger charge is -2.08. The summed E-state index contributed by atoms with van der Waals surface area (Å²) in [5.41, 5.74) is 4.61. The molecule has 0 saturated heterocycles. The Hall–Kier alpha value is -1.71. The lowest BCUT2D eigenvalue weighted by molar-refractivity contribution is -0.138. The third-order valence-electron chi connectivity index (χ3n) is 1.80. The Bertz CT molecular complexity index is 337. The van der Waals surface area contributed by atoms with E-state index in [1.165, 1.54) is 6.92 Å². The zero-order chi connectivity index (χ0) is 10.7. The number of hydrogen-bond acceptors (Lipinski definition) is 4. The first-order valence-corrected chi connectivity index (χ1v) is 4.24. The van der Waals surface area contributed by atoms with Crippen LogP contribution in [0.25, 0.3) is 0 Å². The molecule has 0 aliphatic carbocycles. The fourth-order valence-electron chi connectivity index (χ4n) is 1.15. The molecule has 4 nitrogen and oxygen atoms in total. The number of aromatic hydroxyl groups is 1. The van der Waals surface area contributed by atoms with Gasteiger partial charge in [0, 0.05) is 6.92 Å². The Morgan fingerprint density at radius 1 is 1.36 bits per heavy atom. The maximum absolute atomic E-state index is 10.5. The Labute approximate surface area is 82.5 Å². The van der Waals surface area contributed by atoms with Gasteiger partial charge in [-0.3, -0.25) is 4.79 Å². The number of carbonyl (C=O) groups excluding carboxylic acids is 1. The summed E-state index contributed by atoms with van der Waals surface area (Å²) >= 11 is 0. The van der Waals surface area contributed by atoms with Gasteiger partial charge in [0.05, 0.1) is 5.69 Å². The third kappa shape index (κ3) is 2.39. The first-order valence-electron chi connectivity index (χ1n) is 4.24. The highest BCUT2D eigenvalue weighted by Gasteiger charge is 2.03. The molecule has 0 atom stereocenters. The van der Waals surface area contributed by atoms with Crippen LogP contribution in [0.15, 0.2) is 12.1 Å². The lowest BCUT2D eigenvalue weighted by atomic mass is 10.1. The van der Waals surface area contributed by atoms with Gasteiger partial charge >= 0.3 is 5.97 Å². The van der Waals surface area contributed by atoms with Crippen molar-refractivity contribution in [1.29, 1.82) is 0 Å². The molecule has 0 saturated carbocycles. The Morgan fingerprint density at radius 3 is 2.29 bits per heavy atom. The van der Waals surface area contributed by atoms with E-state index in [4.69, 9.17) is 0 Å². The van der Waals surface area contributed by atoms with E-state index in [0.29, 0.717) is 5.69 Å². The van der Waals surface area contributed by atoms with Gasteiger partial charge in [-0.25, -0.2) is 5.48 Å². The van der Waals surface area contributed by atoms with E-state index in [1.54, 1.807) is 26.0 Å². The van der Waals surface area contributed by atoms with Gasteiger partial charge in [0.1, 0.15) is 5.75 Å². The molecule has 4 heteroatoms. The maximum Gasteiger partial charge on any atom is 0.329 e. The number of phenols is 1. The second-order valence-corrected chi connectivity index (χ2v) is 3.15.